The molecule has 0 amide bonds. The van der Waals surface area contributed by atoms with Gasteiger partial charge in [0.2, 0.25) is 5.95 Å². The van der Waals surface area contributed by atoms with Crippen LogP contribution in [0.1, 0.15) is 24.1 Å². The maximum absolute atomic E-state index is 5.65. The minimum atomic E-state index is 0.243. The van der Waals surface area contributed by atoms with Crippen LogP contribution in [0.4, 0.5) is 5.95 Å². The molecule has 4 heterocycles. The number of nitrogens with one attached hydrogen (secondary N) is 1. The number of rotatable bonds is 5. The van der Waals surface area contributed by atoms with Crippen molar-refractivity contribution in [1.82, 2.24) is 15.1 Å². The van der Waals surface area contributed by atoms with Crippen molar-refractivity contribution >= 4 is 17.3 Å². The van der Waals surface area contributed by atoms with Crippen LogP contribution < -0.4 is 5.32 Å². The van der Waals surface area contributed by atoms with E-state index in [9.17, 15) is 0 Å². The Morgan fingerprint density at radius 2 is 2.28 bits per heavy atom. The molecule has 1 saturated heterocycles. The predicted molar refractivity (Wildman–Crippen MR) is 97.8 cm³/mol. The van der Waals surface area contributed by atoms with Gasteiger partial charge in [-0.3, -0.25) is 0 Å². The van der Waals surface area contributed by atoms with E-state index in [2.05, 4.69) is 33.8 Å². The molecule has 3 aromatic heterocycles. The number of thiophene rings is 1. The minimum Gasteiger partial charge on any atom is -0.376 e. The molecule has 1 aliphatic rings. The normalized spacial score (nSPS) is 17.1. The van der Waals surface area contributed by atoms with E-state index in [1.807, 2.05) is 13.0 Å². The third-order valence-corrected chi connectivity index (χ3v) is 5.29. The molecule has 0 aromatic carbocycles. The van der Waals surface area contributed by atoms with Crippen molar-refractivity contribution < 1.29 is 9.26 Å². The highest BCUT2D eigenvalue weighted by molar-refractivity contribution is 7.13. The lowest BCUT2D eigenvalue weighted by atomic mass is 10.1. The number of hydrogen-bond acceptors (Lipinski definition) is 7. The van der Waals surface area contributed by atoms with Crippen molar-refractivity contribution in [2.75, 3.05) is 18.5 Å². The zero-order valence-electron chi connectivity index (χ0n) is 14.3. The molecule has 0 aliphatic carbocycles. The molecule has 0 radical (unpaired) electrons. The van der Waals surface area contributed by atoms with Gasteiger partial charge in [-0.05, 0) is 43.7 Å². The van der Waals surface area contributed by atoms with Gasteiger partial charge in [-0.25, -0.2) is 9.97 Å². The van der Waals surface area contributed by atoms with E-state index < -0.39 is 0 Å². The van der Waals surface area contributed by atoms with Gasteiger partial charge in [0, 0.05) is 25.4 Å². The van der Waals surface area contributed by atoms with Crippen LogP contribution in [0.3, 0.4) is 0 Å². The fraction of sp³-hybridized carbons (Fsp3) is 0.389. The molecule has 1 aliphatic heterocycles. The van der Waals surface area contributed by atoms with Crippen molar-refractivity contribution in [2.45, 2.75) is 32.8 Å². The molecule has 25 heavy (non-hydrogen) atoms. The Morgan fingerprint density at radius 3 is 2.96 bits per heavy atom. The van der Waals surface area contributed by atoms with Gasteiger partial charge in [-0.15, -0.1) is 11.3 Å². The molecule has 4 rings (SSSR count). The van der Waals surface area contributed by atoms with Crippen molar-refractivity contribution in [3.05, 3.63) is 35.0 Å². The zero-order valence-corrected chi connectivity index (χ0v) is 15.1. The van der Waals surface area contributed by atoms with Crippen LogP contribution in [0.2, 0.25) is 0 Å². The molecular weight excluding hydrogens is 336 g/mol. The van der Waals surface area contributed by atoms with Crippen molar-refractivity contribution in [1.29, 1.82) is 0 Å². The maximum Gasteiger partial charge on any atom is 0.223 e. The molecule has 3 aromatic rings. The SMILES string of the molecule is Cc1cc(-c2cnc(NCC3CCCO3)nc2-c2sccc2C)on1. The van der Waals surface area contributed by atoms with Gasteiger partial charge in [-0.1, -0.05) is 5.16 Å². The molecule has 0 saturated carbocycles. The molecular formula is C18H20N4O2S. The molecule has 1 unspecified atom stereocenters. The van der Waals surface area contributed by atoms with E-state index in [1.165, 1.54) is 5.56 Å². The lowest BCUT2D eigenvalue weighted by Crippen LogP contribution is -2.19. The highest BCUT2D eigenvalue weighted by Gasteiger charge is 2.19. The summed E-state index contributed by atoms with van der Waals surface area (Å²) in [4.78, 5) is 10.3. The number of hydrogen-bond donors (Lipinski definition) is 1. The molecule has 0 spiro atoms. The first-order valence-electron chi connectivity index (χ1n) is 8.41. The fourth-order valence-corrected chi connectivity index (χ4v) is 3.87. The van der Waals surface area contributed by atoms with E-state index in [0.717, 1.165) is 47.8 Å². The summed E-state index contributed by atoms with van der Waals surface area (Å²) in [6.45, 7) is 5.56. The van der Waals surface area contributed by atoms with Crippen LogP contribution in [-0.4, -0.2) is 34.4 Å². The Bertz CT molecular complexity index is 868. The first kappa shape index (κ1) is 16.2. The van der Waals surface area contributed by atoms with Crippen LogP contribution in [0, 0.1) is 13.8 Å². The number of anilines is 1. The number of aryl methyl sites for hydroxylation is 2. The van der Waals surface area contributed by atoms with Gasteiger partial charge in [0.05, 0.1) is 27.9 Å². The van der Waals surface area contributed by atoms with Gasteiger partial charge in [0.1, 0.15) is 0 Å². The van der Waals surface area contributed by atoms with Crippen LogP contribution in [0.15, 0.2) is 28.2 Å². The third kappa shape index (κ3) is 3.43. The second-order valence-electron chi connectivity index (χ2n) is 6.24. The Hall–Kier alpha value is -2.25. The molecule has 0 bridgehead atoms. The second kappa shape index (κ2) is 6.93. The average Bonchev–Trinajstić information content (AvgIpc) is 3.35. The largest absolute Gasteiger partial charge is 0.376 e. The maximum atomic E-state index is 5.65. The van der Waals surface area contributed by atoms with Gasteiger partial charge < -0.3 is 14.6 Å². The molecule has 130 valence electrons. The zero-order chi connectivity index (χ0) is 17.2. The van der Waals surface area contributed by atoms with Gasteiger partial charge in [-0.2, -0.15) is 0 Å². The molecule has 6 nitrogen and oxygen atoms in total. The Kier molecular flexibility index (Phi) is 4.50. The number of aromatic nitrogens is 3. The highest BCUT2D eigenvalue weighted by atomic mass is 32.1. The van der Waals surface area contributed by atoms with Gasteiger partial charge in [0.25, 0.3) is 0 Å². The fourth-order valence-electron chi connectivity index (χ4n) is 2.94. The van der Waals surface area contributed by atoms with E-state index in [0.29, 0.717) is 11.7 Å². The van der Waals surface area contributed by atoms with E-state index in [1.54, 1.807) is 17.5 Å². The molecule has 1 N–H and O–H groups in total. The Labute approximate surface area is 150 Å². The Balaban J connectivity index is 1.68. The minimum absolute atomic E-state index is 0.243. The molecule has 1 fully saturated rings. The Morgan fingerprint density at radius 1 is 1.36 bits per heavy atom. The van der Waals surface area contributed by atoms with Crippen LogP contribution in [0.5, 0.6) is 0 Å². The lowest BCUT2D eigenvalue weighted by Gasteiger charge is -2.12. The summed E-state index contributed by atoms with van der Waals surface area (Å²) in [5.74, 6) is 1.30. The summed E-state index contributed by atoms with van der Waals surface area (Å²) in [5, 5.41) is 9.36. The summed E-state index contributed by atoms with van der Waals surface area (Å²) < 4.78 is 11.1. The summed E-state index contributed by atoms with van der Waals surface area (Å²) in [7, 11) is 0. The summed E-state index contributed by atoms with van der Waals surface area (Å²) in [6, 6.07) is 4.00. The van der Waals surface area contributed by atoms with Crippen LogP contribution in [-0.2, 0) is 4.74 Å². The van der Waals surface area contributed by atoms with Crippen LogP contribution >= 0.6 is 11.3 Å². The van der Waals surface area contributed by atoms with Crippen molar-refractivity contribution in [3.8, 4) is 21.9 Å². The van der Waals surface area contributed by atoms with E-state index >= 15 is 0 Å². The summed E-state index contributed by atoms with van der Waals surface area (Å²) in [5.41, 5.74) is 3.75. The van der Waals surface area contributed by atoms with E-state index in [-0.39, 0.29) is 6.10 Å². The van der Waals surface area contributed by atoms with Gasteiger partial charge >= 0.3 is 0 Å². The predicted octanol–water partition coefficient (Wildman–Crippen LogP) is 4.07. The smallest absolute Gasteiger partial charge is 0.223 e. The lowest BCUT2D eigenvalue weighted by molar-refractivity contribution is 0.120. The summed E-state index contributed by atoms with van der Waals surface area (Å²) >= 11 is 1.67. The highest BCUT2D eigenvalue weighted by Crippen LogP contribution is 2.36. The number of nitrogens with zero attached hydrogens (tertiary/aromatic N) is 3. The second-order valence-corrected chi connectivity index (χ2v) is 7.15. The first-order valence-corrected chi connectivity index (χ1v) is 9.29. The molecule has 1 atom stereocenters. The quantitative estimate of drug-likeness (QED) is 0.743. The van der Waals surface area contributed by atoms with Crippen LogP contribution in [0.25, 0.3) is 21.9 Å². The van der Waals surface area contributed by atoms with Gasteiger partial charge in [0.15, 0.2) is 5.76 Å². The first-order chi connectivity index (χ1) is 12.2. The van der Waals surface area contributed by atoms with Crippen molar-refractivity contribution in [2.24, 2.45) is 0 Å². The third-order valence-electron chi connectivity index (χ3n) is 4.27. The number of ether oxygens (including phenoxy) is 1. The standard InChI is InChI=1S/C18H20N4O2S/c1-11-5-7-25-17(11)16-14(15-8-12(2)22-24-15)10-20-18(21-16)19-9-13-4-3-6-23-13/h5,7-8,10,13H,3-4,6,9H2,1-2H3,(H,19,20,21). The monoisotopic (exact) mass is 356 g/mol. The van der Waals surface area contributed by atoms with E-state index in [4.69, 9.17) is 14.2 Å². The topological polar surface area (TPSA) is 73.1 Å². The average molecular weight is 356 g/mol. The molecule has 7 heteroatoms. The van der Waals surface area contributed by atoms with Crippen molar-refractivity contribution in [3.63, 3.8) is 0 Å². The summed E-state index contributed by atoms with van der Waals surface area (Å²) in [6.07, 6.45) is 4.25.